The molecule has 3 heterocycles. The van der Waals surface area contributed by atoms with E-state index >= 15 is 0 Å². The largest absolute Gasteiger partial charge is 0.496 e. The molecule has 0 radical (unpaired) electrons. The summed E-state index contributed by atoms with van der Waals surface area (Å²) in [6.07, 6.45) is 0. The number of H-pyrrole nitrogens is 1. The highest BCUT2D eigenvalue weighted by atomic mass is 35.5. The van der Waals surface area contributed by atoms with Gasteiger partial charge in [-0.25, -0.2) is 9.69 Å². The van der Waals surface area contributed by atoms with Gasteiger partial charge >= 0.3 is 6.03 Å². The fourth-order valence-corrected chi connectivity index (χ4v) is 5.77. The van der Waals surface area contributed by atoms with Gasteiger partial charge in [-0.2, -0.15) is 0 Å². The lowest BCUT2D eigenvalue weighted by Gasteiger charge is -2.40. The Labute approximate surface area is 212 Å². The normalized spacial score (nSPS) is 21.4. The van der Waals surface area contributed by atoms with Crippen LogP contribution in [0.1, 0.15) is 29.7 Å². The number of aromatic amines is 1. The molecule has 3 amide bonds. The van der Waals surface area contributed by atoms with Gasteiger partial charge in [0.05, 0.1) is 28.5 Å². The fourth-order valence-electron chi connectivity index (χ4n) is 5.48. The number of hydrogen-bond donors (Lipinski definition) is 1. The predicted molar refractivity (Wildman–Crippen MR) is 137 cm³/mol. The molecule has 1 aromatic heterocycles. The zero-order valence-corrected chi connectivity index (χ0v) is 20.5. The number of halogens is 2. The lowest BCUT2D eigenvalue weighted by Crippen LogP contribution is -2.50. The van der Waals surface area contributed by atoms with Crippen LogP contribution in [-0.2, 0) is 10.3 Å². The van der Waals surface area contributed by atoms with Crippen molar-refractivity contribution < 1.29 is 14.3 Å². The Bertz CT molecular complexity index is 1530. The Morgan fingerprint density at radius 2 is 1.74 bits per heavy atom. The zero-order valence-electron chi connectivity index (χ0n) is 19.0. The first-order valence-corrected chi connectivity index (χ1v) is 12.0. The highest BCUT2D eigenvalue weighted by Gasteiger charge is 2.60. The van der Waals surface area contributed by atoms with Gasteiger partial charge in [0.15, 0.2) is 5.54 Å². The number of urea groups is 1. The van der Waals surface area contributed by atoms with Gasteiger partial charge in [0.1, 0.15) is 5.75 Å². The molecule has 0 bridgehead atoms. The topological polar surface area (TPSA) is 65.6 Å². The van der Waals surface area contributed by atoms with Crippen LogP contribution in [0.25, 0.3) is 10.9 Å². The molecular weight excluding hydrogens is 485 g/mol. The van der Waals surface area contributed by atoms with E-state index in [1.807, 2.05) is 48.5 Å². The molecule has 3 aromatic carbocycles. The number of methoxy groups -OCH3 is 1. The minimum atomic E-state index is -1.21. The quantitative estimate of drug-likeness (QED) is 0.331. The number of rotatable bonds is 3. The molecule has 1 saturated heterocycles. The summed E-state index contributed by atoms with van der Waals surface area (Å²) >= 11 is 12.3. The van der Waals surface area contributed by atoms with Crippen molar-refractivity contribution in [1.29, 1.82) is 0 Å². The number of fused-ring (bicyclic) bond motifs is 5. The molecule has 1 N–H and O–H groups in total. The molecule has 1 fully saturated rings. The van der Waals surface area contributed by atoms with Crippen LogP contribution in [0.2, 0.25) is 10.0 Å². The number of imide groups is 1. The minimum absolute atomic E-state index is 0.198. The van der Waals surface area contributed by atoms with E-state index in [1.165, 1.54) is 4.90 Å². The van der Waals surface area contributed by atoms with E-state index in [4.69, 9.17) is 27.9 Å². The molecule has 8 heteroatoms. The number of benzene rings is 3. The Morgan fingerprint density at radius 3 is 2.51 bits per heavy atom. The van der Waals surface area contributed by atoms with Crippen LogP contribution in [0.3, 0.4) is 0 Å². The molecule has 2 aliphatic rings. The predicted octanol–water partition coefficient (Wildman–Crippen LogP) is 6.31. The first-order valence-electron chi connectivity index (χ1n) is 11.2. The van der Waals surface area contributed by atoms with Gasteiger partial charge < -0.3 is 14.6 Å². The second-order valence-corrected chi connectivity index (χ2v) is 9.77. The number of ether oxygens (including phenoxy) is 1. The Morgan fingerprint density at radius 1 is 1.00 bits per heavy atom. The first kappa shape index (κ1) is 22.0. The van der Waals surface area contributed by atoms with Crippen LogP contribution in [0.15, 0.2) is 66.7 Å². The summed E-state index contributed by atoms with van der Waals surface area (Å²) in [7, 11) is 1.64. The number of aromatic nitrogens is 1. The third-order valence-electron chi connectivity index (χ3n) is 7.20. The Balaban J connectivity index is 1.59. The molecule has 0 saturated carbocycles. The zero-order chi connectivity index (χ0) is 24.5. The smallest absolute Gasteiger partial charge is 0.332 e. The number of amides is 3. The highest BCUT2D eigenvalue weighted by molar-refractivity contribution is 6.42. The lowest BCUT2D eigenvalue weighted by molar-refractivity contribution is -0.125. The van der Waals surface area contributed by atoms with Crippen LogP contribution >= 0.6 is 23.2 Å². The number of anilines is 1. The van der Waals surface area contributed by atoms with Crippen molar-refractivity contribution in [3.05, 3.63) is 93.6 Å². The summed E-state index contributed by atoms with van der Waals surface area (Å²) in [5, 5.41) is 1.65. The average Bonchev–Trinajstić information content (AvgIpc) is 3.35. The molecule has 0 aliphatic carbocycles. The number of nitrogens with zero attached hydrogens (tertiary/aromatic N) is 2. The maximum Gasteiger partial charge on any atom is 0.332 e. The maximum absolute atomic E-state index is 14.0. The summed E-state index contributed by atoms with van der Waals surface area (Å²) in [5.41, 5.74) is 2.75. The molecule has 2 aliphatic heterocycles. The summed E-state index contributed by atoms with van der Waals surface area (Å²) in [6, 6.07) is 20.1. The highest BCUT2D eigenvalue weighted by Crippen LogP contribution is 2.51. The number of carbonyl (C=O) groups excluding carboxylic acids is 2. The third-order valence-corrected chi connectivity index (χ3v) is 7.94. The van der Waals surface area contributed by atoms with E-state index in [0.717, 1.165) is 27.8 Å². The van der Waals surface area contributed by atoms with E-state index in [2.05, 4.69) is 4.98 Å². The van der Waals surface area contributed by atoms with Crippen molar-refractivity contribution in [2.45, 2.75) is 18.4 Å². The van der Waals surface area contributed by atoms with E-state index in [-0.39, 0.29) is 16.8 Å². The van der Waals surface area contributed by atoms with Crippen molar-refractivity contribution in [2.75, 3.05) is 18.6 Å². The first-order chi connectivity index (χ1) is 16.9. The summed E-state index contributed by atoms with van der Waals surface area (Å²) < 4.78 is 5.68. The average molecular weight is 506 g/mol. The van der Waals surface area contributed by atoms with Crippen LogP contribution in [0.5, 0.6) is 5.75 Å². The molecule has 6 rings (SSSR count). The monoisotopic (exact) mass is 505 g/mol. The van der Waals surface area contributed by atoms with Gasteiger partial charge in [-0.1, -0.05) is 59.6 Å². The van der Waals surface area contributed by atoms with E-state index < -0.39 is 11.6 Å². The third kappa shape index (κ3) is 2.96. The molecule has 4 aromatic rings. The van der Waals surface area contributed by atoms with Crippen molar-refractivity contribution in [1.82, 2.24) is 9.88 Å². The number of hydrogen-bond acceptors (Lipinski definition) is 3. The SMILES string of the molecule is COc1ccccc1[C@H]1CN2C(=O)N(c3ccc(Cl)c(Cl)c3)C(=O)[C@]2(C)c2[nH]c3ccccc3c21. The summed E-state index contributed by atoms with van der Waals surface area (Å²) in [4.78, 5) is 34.2. The van der Waals surface area contributed by atoms with Crippen LogP contribution in [0.4, 0.5) is 10.5 Å². The molecular formula is C27H21Cl2N3O3. The van der Waals surface area contributed by atoms with Gasteiger partial charge in [-0.05, 0) is 42.8 Å². The molecule has 176 valence electrons. The Hall–Kier alpha value is -3.48. The number of carbonyl (C=O) groups is 2. The van der Waals surface area contributed by atoms with Gasteiger partial charge in [0.25, 0.3) is 5.91 Å². The molecule has 0 spiro atoms. The van der Waals surface area contributed by atoms with Crippen LogP contribution in [-0.4, -0.2) is 35.5 Å². The standard InChI is InChI=1S/C27H21Cl2N3O3/c1-27-24-23(17-8-3-5-9-21(17)30-24)18(16-7-4-6-10-22(16)35-2)14-31(27)26(34)32(25(27)33)15-11-12-19(28)20(29)13-15/h3-13,18,30H,14H2,1-2H3/t18-,27+/m1/s1. The maximum atomic E-state index is 14.0. The second kappa shape index (κ2) is 7.77. The van der Waals surface area contributed by atoms with Crippen molar-refractivity contribution in [3.8, 4) is 5.75 Å². The van der Waals surface area contributed by atoms with Crippen molar-refractivity contribution in [3.63, 3.8) is 0 Å². The molecule has 2 atom stereocenters. The molecule has 35 heavy (non-hydrogen) atoms. The van der Waals surface area contributed by atoms with E-state index in [1.54, 1.807) is 37.1 Å². The number of para-hydroxylation sites is 2. The summed E-state index contributed by atoms with van der Waals surface area (Å²) in [5.74, 6) is 0.194. The van der Waals surface area contributed by atoms with Gasteiger partial charge in [0.2, 0.25) is 0 Å². The van der Waals surface area contributed by atoms with Crippen molar-refractivity contribution in [2.24, 2.45) is 0 Å². The van der Waals surface area contributed by atoms with Crippen molar-refractivity contribution >= 4 is 51.7 Å². The van der Waals surface area contributed by atoms with Gasteiger partial charge in [-0.15, -0.1) is 0 Å². The summed E-state index contributed by atoms with van der Waals surface area (Å²) in [6.45, 7) is 2.12. The Kier molecular flexibility index (Phi) is 4.88. The van der Waals surface area contributed by atoms with Crippen LogP contribution < -0.4 is 9.64 Å². The molecule has 0 unspecified atom stereocenters. The van der Waals surface area contributed by atoms with E-state index in [9.17, 15) is 9.59 Å². The van der Waals surface area contributed by atoms with Crippen LogP contribution in [0, 0.1) is 0 Å². The van der Waals surface area contributed by atoms with Gasteiger partial charge in [0, 0.05) is 28.9 Å². The minimum Gasteiger partial charge on any atom is -0.496 e. The van der Waals surface area contributed by atoms with E-state index in [0.29, 0.717) is 22.9 Å². The molecule has 6 nitrogen and oxygen atoms in total. The number of nitrogens with one attached hydrogen (secondary N) is 1. The second-order valence-electron chi connectivity index (χ2n) is 8.96. The van der Waals surface area contributed by atoms with Gasteiger partial charge in [-0.3, -0.25) is 4.79 Å². The lowest BCUT2D eigenvalue weighted by atomic mass is 9.78. The fraction of sp³-hybridized carbons (Fsp3) is 0.185.